The molecule has 0 aromatic rings. The number of hydrogen-bond acceptors (Lipinski definition) is 6. The van der Waals surface area contributed by atoms with Gasteiger partial charge in [-0.3, -0.25) is 14.5 Å². The third-order valence-electron chi connectivity index (χ3n) is 3.35. The average molecular weight is 258 g/mol. The first kappa shape index (κ1) is 14.9. The van der Waals surface area contributed by atoms with Gasteiger partial charge in [0.05, 0.1) is 27.3 Å². The molecular formula is C12H22N2O4. The van der Waals surface area contributed by atoms with Crippen LogP contribution in [0.3, 0.4) is 0 Å². The van der Waals surface area contributed by atoms with E-state index in [0.717, 1.165) is 19.3 Å². The maximum atomic E-state index is 11.3. The predicted molar refractivity (Wildman–Crippen MR) is 65.8 cm³/mol. The zero-order chi connectivity index (χ0) is 13.6. The van der Waals surface area contributed by atoms with Crippen molar-refractivity contribution in [2.24, 2.45) is 11.1 Å². The van der Waals surface area contributed by atoms with Crippen LogP contribution in [0, 0.1) is 5.41 Å². The second kappa shape index (κ2) is 6.70. The van der Waals surface area contributed by atoms with Gasteiger partial charge in [-0.15, -0.1) is 0 Å². The first-order chi connectivity index (χ1) is 8.55. The van der Waals surface area contributed by atoms with Crippen LogP contribution in [-0.2, 0) is 19.1 Å². The van der Waals surface area contributed by atoms with E-state index in [1.807, 2.05) is 0 Å². The molecule has 1 aliphatic rings. The van der Waals surface area contributed by atoms with Gasteiger partial charge in [-0.1, -0.05) is 0 Å². The van der Waals surface area contributed by atoms with Gasteiger partial charge in [-0.25, -0.2) is 0 Å². The van der Waals surface area contributed by atoms with E-state index in [1.54, 1.807) is 4.90 Å². The van der Waals surface area contributed by atoms with Crippen molar-refractivity contribution in [2.75, 3.05) is 40.4 Å². The number of esters is 2. The van der Waals surface area contributed by atoms with Crippen molar-refractivity contribution >= 4 is 11.9 Å². The van der Waals surface area contributed by atoms with Crippen LogP contribution in [0.2, 0.25) is 0 Å². The number of nitrogens with zero attached hydrogens (tertiary/aromatic N) is 1. The van der Waals surface area contributed by atoms with Crippen LogP contribution in [0.1, 0.15) is 19.3 Å². The molecule has 0 radical (unpaired) electrons. The Morgan fingerprint density at radius 2 is 1.67 bits per heavy atom. The molecule has 0 saturated heterocycles. The first-order valence-electron chi connectivity index (χ1n) is 6.11. The smallest absolute Gasteiger partial charge is 0.319 e. The Labute approximate surface area is 107 Å². The Bertz CT molecular complexity index is 284. The molecule has 0 atom stereocenters. The van der Waals surface area contributed by atoms with Crippen molar-refractivity contribution in [3.8, 4) is 0 Å². The third kappa shape index (κ3) is 4.62. The number of methoxy groups -OCH3 is 2. The van der Waals surface area contributed by atoms with Crippen molar-refractivity contribution in [3.63, 3.8) is 0 Å². The van der Waals surface area contributed by atoms with Crippen molar-refractivity contribution in [3.05, 3.63) is 0 Å². The Balaban J connectivity index is 2.53. The molecule has 1 saturated carbocycles. The van der Waals surface area contributed by atoms with Gasteiger partial charge in [0, 0.05) is 6.54 Å². The molecule has 6 nitrogen and oxygen atoms in total. The van der Waals surface area contributed by atoms with Gasteiger partial charge in [0.2, 0.25) is 0 Å². The zero-order valence-corrected chi connectivity index (χ0v) is 11.1. The van der Waals surface area contributed by atoms with Gasteiger partial charge < -0.3 is 15.2 Å². The standard InChI is InChI=1S/C12H22N2O4/c1-17-10(15)7-14(8-11(16)18-2)9-12(3-4-12)5-6-13/h3-9,13H2,1-2H3. The number of hydrogen-bond donors (Lipinski definition) is 1. The quantitative estimate of drug-likeness (QED) is 0.605. The Morgan fingerprint density at radius 1 is 1.17 bits per heavy atom. The van der Waals surface area contributed by atoms with Gasteiger partial charge in [0.15, 0.2) is 0 Å². The molecule has 1 fully saturated rings. The molecule has 0 spiro atoms. The molecule has 0 aliphatic heterocycles. The van der Waals surface area contributed by atoms with Crippen LogP contribution in [0.5, 0.6) is 0 Å². The maximum absolute atomic E-state index is 11.3. The summed E-state index contributed by atoms with van der Waals surface area (Å²) in [4.78, 5) is 24.4. The van der Waals surface area contributed by atoms with E-state index < -0.39 is 0 Å². The summed E-state index contributed by atoms with van der Waals surface area (Å²) in [5, 5.41) is 0. The number of carbonyl (C=O) groups excluding carboxylic acids is 2. The topological polar surface area (TPSA) is 81.9 Å². The lowest BCUT2D eigenvalue weighted by Gasteiger charge is -2.25. The van der Waals surface area contributed by atoms with E-state index in [0.29, 0.717) is 13.1 Å². The van der Waals surface area contributed by atoms with E-state index >= 15 is 0 Å². The fraction of sp³-hybridized carbons (Fsp3) is 0.833. The summed E-state index contributed by atoms with van der Waals surface area (Å²) in [6, 6.07) is 0. The lowest BCUT2D eigenvalue weighted by atomic mass is 10.0. The predicted octanol–water partition coefficient (Wildman–Crippen LogP) is -0.237. The van der Waals surface area contributed by atoms with Crippen molar-refractivity contribution in [1.82, 2.24) is 4.90 Å². The van der Waals surface area contributed by atoms with Crippen LogP contribution in [0.25, 0.3) is 0 Å². The van der Waals surface area contributed by atoms with E-state index in [1.165, 1.54) is 14.2 Å². The fourth-order valence-electron chi connectivity index (χ4n) is 2.11. The first-order valence-corrected chi connectivity index (χ1v) is 6.11. The Morgan fingerprint density at radius 3 is 2.00 bits per heavy atom. The highest BCUT2D eigenvalue weighted by atomic mass is 16.5. The summed E-state index contributed by atoms with van der Waals surface area (Å²) in [6.07, 6.45) is 3.12. The van der Waals surface area contributed by atoms with Gasteiger partial charge in [0.1, 0.15) is 0 Å². The lowest BCUT2D eigenvalue weighted by Crippen LogP contribution is -2.39. The molecule has 1 rings (SSSR count). The largest absolute Gasteiger partial charge is 0.468 e. The van der Waals surface area contributed by atoms with E-state index in [9.17, 15) is 9.59 Å². The summed E-state index contributed by atoms with van der Waals surface area (Å²) >= 11 is 0. The Kier molecular flexibility index (Phi) is 5.55. The highest BCUT2D eigenvalue weighted by Crippen LogP contribution is 2.48. The number of carbonyl (C=O) groups is 2. The summed E-state index contributed by atoms with van der Waals surface area (Å²) < 4.78 is 9.27. The van der Waals surface area contributed by atoms with Crippen molar-refractivity contribution in [2.45, 2.75) is 19.3 Å². The summed E-state index contributed by atoms with van der Waals surface area (Å²) in [7, 11) is 2.68. The minimum Gasteiger partial charge on any atom is -0.468 e. The normalized spacial score (nSPS) is 16.4. The molecule has 104 valence electrons. The van der Waals surface area contributed by atoms with Gasteiger partial charge in [-0.05, 0) is 31.2 Å². The average Bonchev–Trinajstić information content (AvgIpc) is 3.08. The summed E-state index contributed by atoms with van der Waals surface area (Å²) in [6.45, 7) is 1.54. The van der Waals surface area contributed by atoms with Gasteiger partial charge >= 0.3 is 11.9 Å². The highest BCUT2D eigenvalue weighted by Gasteiger charge is 2.43. The second-order valence-electron chi connectivity index (χ2n) is 4.84. The number of ether oxygens (including phenoxy) is 2. The van der Waals surface area contributed by atoms with Crippen LogP contribution in [0.4, 0.5) is 0 Å². The zero-order valence-electron chi connectivity index (χ0n) is 11.1. The fourth-order valence-corrected chi connectivity index (χ4v) is 2.11. The second-order valence-corrected chi connectivity index (χ2v) is 4.84. The summed E-state index contributed by atoms with van der Waals surface area (Å²) in [5.41, 5.74) is 5.76. The SMILES string of the molecule is COC(=O)CN(CC(=O)OC)CC1(CCN)CC1. The van der Waals surface area contributed by atoms with Crippen LogP contribution in [0.15, 0.2) is 0 Å². The Hall–Kier alpha value is -1.14. The van der Waals surface area contributed by atoms with E-state index in [2.05, 4.69) is 9.47 Å². The molecule has 1 aliphatic carbocycles. The molecular weight excluding hydrogens is 236 g/mol. The van der Waals surface area contributed by atoms with Crippen LogP contribution < -0.4 is 5.73 Å². The monoisotopic (exact) mass is 258 g/mol. The van der Waals surface area contributed by atoms with E-state index in [-0.39, 0.29) is 30.4 Å². The number of rotatable bonds is 8. The molecule has 6 heteroatoms. The molecule has 18 heavy (non-hydrogen) atoms. The highest BCUT2D eigenvalue weighted by molar-refractivity contribution is 5.74. The van der Waals surface area contributed by atoms with Crippen molar-refractivity contribution in [1.29, 1.82) is 0 Å². The molecule has 0 amide bonds. The lowest BCUT2D eigenvalue weighted by molar-refractivity contribution is -0.145. The molecule has 0 bridgehead atoms. The van der Waals surface area contributed by atoms with Gasteiger partial charge in [0.25, 0.3) is 0 Å². The molecule has 0 unspecified atom stereocenters. The molecule has 0 heterocycles. The van der Waals surface area contributed by atoms with Crippen LogP contribution in [-0.4, -0.2) is 57.2 Å². The minimum atomic E-state index is -0.345. The van der Waals surface area contributed by atoms with E-state index in [4.69, 9.17) is 5.73 Å². The third-order valence-corrected chi connectivity index (χ3v) is 3.35. The van der Waals surface area contributed by atoms with Gasteiger partial charge in [-0.2, -0.15) is 0 Å². The van der Waals surface area contributed by atoms with Crippen molar-refractivity contribution < 1.29 is 19.1 Å². The maximum Gasteiger partial charge on any atom is 0.319 e. The summed E-state index contributed by atoms with van der Waals surface area (Å²) in [5.74, 6) is -0.690. The number of nitrogens with two attached hydrogens (primary N) is 1. The van der Waals surface area contributed by atoms with Crippen LogP contribution >= 0.6 is 0 Å². The molecule has 0 aromatic heterocycles. The minimum absolute atomic E-state index is 0.109. The molecule has 0 aromatic carbocycles. The molecule has 2 N–H and O–H groups in total.